The van der Waals surface area contributed by atoms with Crippen molar-refractivity contribution in [1.82, 2.24) is 19.6 Å². The predicted octanol–water partition coefficient (Wildman–Crippen LogP) is 0.597. The molecule has 2 aromatic rings. The van der Waals surface area contributed by atoms with E-state index < -0.39 is 0 Å². The zero-order chi connectivity index (χ0) is 9.97. The van der Waals surface area contributed by atoms with E-state index in [1.807, 2.05) is 6.92 Å². The maximum Gasteiger partial charge on any atom is 0.193 e. The van der Waals surface area contributed by atoms with Crippen LogP contribution in [-0.2, 0) is 0 Å². The Labute approximate surface area is 85.2 Å². The quantitative estimate of drug-likeness (QED) is 0.751. The summed E-state index contributed by atoms with van der Waals surface area (Å²) in [6.07, 6.45) is 5.12. The SMILES string of the molecule is CC(CO)Sc1nccn2cnnc12. The Morgan fingerprint density at radius 1 is 1.64 bits per heavy atom. The van der Waals surface area contributed by atoms with Crippen LogP contribution in [0.4, 0.5) is 0 Å². The molecule has 1 atom stereocenters. The molecule has 1 N–H and O–H groups in total. The van der Waals surface area contributed by atoms with Crippen LogP contribution in [0.5, 0.6) is 0 Å². The van der Waals surface area contributed by atoms with Crippen LogP contribution < -0.4 is 0 Å². The van der Waals surface area contributed by atoms with E-state index in [2.05, 4.69) is 15.2 Å². The fourth-order valence-electron chi connectivity index (χ4n) is 1.05. The molecule has 2 aromatic heterocycles. The van der Waals surface area contributed by atoms with Gasteiger partial charge in [-0.1, -0.05) is 18.7 Å². The van der Waals surface area contributed by atoms with Crippen LogP contribution in [0.15, 0.2) is 23.7 Å². The highest BCUT2D eigenvalue weighted by Crippen LogP contribution is 2.23. The second kappa shape index (κ2) is 3.93. The van der Waals surface area contributed by atoms with Crippen molar-refractivity contribution < 1.29 is 5.11 Å². The minimum absolute atomic E-state index is 0.116. The van der Waals surface area contributed by atoms with Gasteiger partial charge in [-0.3, -0.25) is 4.40 Å². The standard InChI is InChI=1S/C8H10N4OS/c1-6(4-13)14-8-7-11-10-5-12(7)3-2-9-8/h2-3,5-6,13H,4H2,1H3. The number of aliphatic hydroxyl groups is 1. The first-order valence-corrected chi connectivity index (χ1v) is 5.11. The fourth-order valence-corrected chi connectivity index (χ4v) is 1.88. The van der Waals surface area contributed by atoms with Gasteiger partial charge in [-0.2, -0.15) is 0 Å². The van der Waals surface area contributed by atoms with Gasteiger partial charge in [-0.05, 0) is 0 Å². The van der Waals surface area contributed by atoms with Crippen LogP contribution in [0, 0.1) is 0 Å². The van der Waals surface area contributed by atoms with E-state index in [0.29, 0.717) is 0 Å². The highest BCUT2D eigenvalue weighted by molar-refractivity contribution is 8.00. The fraction of sp³-hybridized carbons (Fsp3) is 0.375. The molecule has 0 fully saturated rings. The predicted molar refractivity (Wildman–Crippen MR) is 53.2 cm³/mol. The zero-order valence-corrected chi connectivity index (χ0v) is 8.48. The van der Waals surface area contributed by atoms with Gasteiger partial charge in [-0.15, -0.1) is 10.2 Å². The van der Waals surface area contributed by atoms with Crippen molar-refractivity contribution in [2.75, 3.05) is 6.61 Å². The molecule has 2 heterocycles. The number of thioether (sulfide) groups is 1. The lowest BCUT2D eigenvalue weighted by Crippen LogP contribution is -2.03. The minimum Gasteiger partial charge on any atom is -0.395 e. The first-order valence-electron chi connectivity index (χ1n) is 4.23. The summed E-state index contributed by atoms with van der Waals surface area (Å²) in [5.74, 6) is 0. The molecule has 0 amide bonds. The van der Waals surface area contributed by atoms with Crippen molar-refractivity contribution in [3.8, 4) is 0 Å². The number of hydrogen-bond acceptors (Lipinski definition) is 5. The molecule has 0 aliphatic carbocycles. The molecule has 14 heavy (non-hydrogen) atoms. The molecule has 2 rings (SSSR count). The van der Waals surface area contributed by atoms with Crippen molar-refractivity contribution in [1.29, 1.82) is 0 Å². The van der Waals surface area contributed by atoms with E-state index >= 15 is 0 Å². The number of aromatic nitrogens is 4. The Morgan fingerprint density at radius 2 is 2.50 bits per heavy atom. The van der Waals surface area contributed by atoms with Crippen LogP contribution in [-0.4, -0.2) is 36.5 Å². The Balaban J connectivity index is 2.36. The lowest BCUT2D eigenvalue weighted by molar-refractivity contribution is 0.300. The molecular formula is C8H10N4OS. The van der Waals surface area contributed by atoms with Gasteiger partial charge in [-0.25, -0.2) is 4.98 Å². The van der Waals surface area contributed by atoms with Gasteiger partial charge in [0.25, 0.3) is 0 Å². The van der Waals surface area contributed by atoms with Gasteiger partial charge in [0.1, 0.15) is 11.4 Å². The Kier molecular flexibility index (Phi) is 2.64. The third kappa shape index (κ3) is 1.71. The summed E-state index contributed by atoms with van der Waals surface area (Å²) in [5.41, 5.74) is 0.734. The van der Waals surface area contributed by atoms with E-state index in [4.69, 9.17) is 5.11 Å². The average molecular weight is 210 g/mol. The summed E-state index contributed by atoms with van der Waals surface area (Å²) in [4.78, 5) is 4.20. The number of nitrogens with zero attached hydrogens (tertiary/aromatic N) is 4. The second-order valence-electron chi connectivity index (χ2n) is 2.91. The molecule has 0 aromatic carbocycles. The van der Waals surface area contributed by atoms with Gasteiger partial charge in [0.05, 0.1) is 6.61 Å². The summed E-state index contributed by atoms with van der Waals surface area (Å²) in [7, 11) is 0. The van der Waals surface area contributed by atoms with Crippen LogP contribution in [0.3, 0.4) is 0 Å². The van der Waals surface area contributed by atoms with Crippen molar-refractivity contribution in [3.63, 3.8) is 0 Å². The maximum absolute atomic E-state index is 8.93. The molecule has 74 valence electrons. The summed E-state index contributed by atoms with van der Waals surface area (Å²) in [6.45, 7) is 2.06. The summed E-state index contributed by atoms with van der Waals surface area (Å²) in [6, 6.07) is 0. The molecule has 0 spiro atoms. The molecule has 0 bridgehead atoms. The Morgan fingerprint density at radius 3 is 3.29 bits per heavy atom. The van der Waals surface area contributed by atoms with Gasteiger partial charge in [0, 0.05) is 17.6 Å². The first kappa shape index (κ1) is 9.42. The Bertz CT molecular complexity index is 430. The minimum atomic E-state index is 0.116. The van der Waals surface area contributed by atoms with Gasteiger partial charge < -0.3 is 5.11 Å². The zero-order valence-electron chi connectivity index (χ0n) is 7.66. The Hall–Kier alpha value is -1.14. The third-order valence-corrected chi connectivity index (χ3v) is 2.82. The summed E-state index contributed by atoms with van der Waals surface area (Å²) in [5, 5.41) is 17.6. The number of hydrogen-bond donors (Lipinski definition) is 1. The van der Waals surface area contributed by atoms with E-state index in [9.17, 15) is 0 Å². The topological polar surface area (TPSA) is 63.3 Å². The second-order valence-corrected chi connectivity index (χ2v) is 4.33. The van der Waals surface area contributed by atoms with E-state index in [1.54, 1.807) is 23.1 Å². The molecule has 5 nitrogen and oxygen atoms in total. The molecular weight excluding hydrogens is 200 g/mol. The first-order chi connectivity index (χ1) is 6.81. The molecule has 0 radical (unpaired) electrons. The van der Waals surface area contributed by atoms with Crippen LogP contribution in [0.1, 0.15) is 6.92 Å². The third-order valence-electron chi connectivity index (χ3n) is 1.75. The normalized spacial score (nSPS) is 13.3. The molecule has 0 saturated heterocycles. The van der Waals surface area contributed by atoms with Crippen molar-refractivity contribution >= 4 is 17.4 Å². The highest BCUT2D eigenvalue weighted by atomic mass is 32.2. The molecule has 6 heteroatoms. The van der Waals surface area contributed by atoms with E-state index in [0.717, 1.165) is 10.7 Å². The van der Waals surface area contributed by atoms with Crippen LogP contribution in [0.2, 0.25) is 0 Å². The van der Waals surface area contributed by atoms with Crippen molar-refractivity contribution in [3.05, 3.63) is 18.7 Å². The van der Waals surface area contributed by atoms with Gasteiger partial charge in [0.15, 0.2) is 5.65 Å². The number of rotatable bonds is 3. The molecule has 0 aliphatic rings. The number of fused-ring (bicyclic) bond motifs is 1. The maximum atomic E-state index is 8.93. The van der Waals surface area contributed by atoms with E-state index in [1.165, 1.54) is 11.8 Å². The van der Waals surface area contributed by atoms with Crippen molar-refractivity contribution in [2.45, 2.75) is 17.2 Å². The van der Waals surface area contributed by atoms with Crippen LogP contribution >= 0.6 is 11.8 Å². The van der Waals surface area contributed by atoms with Gasteiger partial charge >= 0.3 is 0 Å². The largest absolute Gasteiger partial charge is 0.395 e. The van der Waals surface area contributed by atoms with E-state index in [-0.39, 0.29) is 11.9 Å². The molecule has 1 unspecified atom stereocenters. The van der Waals surface area contributed by atoms with Gasteiger partial charge in [0.2, 0.25) is 0 Å². The van der Waals surface area contributed by atoms with Crippen LogP contribution in [0.25, 0.3) is 5.65 Å². The summed E-state index contributed by atoms with van der Waals surface area (Å²) < 4.78 is 1.80. The highest BCUT2D eigenvalue weighted by Gasteiger charge is 2.09. The monoisotopic (exact) mass is 210 g/mol. The molecule has 0 aliphatic heterocycles. The lowest BCUT2D eigenvalue weighted by Gasteiger charge is -2.06. The lowest BCUT2D eigenvalue weighted by atomic mass is 10.5. The summed E-state index contributed by atoms with van der Waals surface area (Å²) >= 11 is 1.49. The van der Waals surface area contributed by atoms with Crippen molar-refractivity contribution in [2.24, 2.45) is 0 Å². The smallest absolute Gasteiger partial charge is 0.193 e. The molecule has 0 saturated carbocycles. The average Bonchev–Trinajstić information content (AvgIpc) is 2.66. The number of aliphatic hydroxyl groups excluding tert-OH is 1.